The standard InChI is InChI=1S/C7H15FO4S/c1-6(2)7(8,4-5-12-3)13(9,10)11/h6H,4-5H2,1-3H3,(H,9,10,11). The first kappa shape index (κ1) is 12.8. The van der Waals surface area contributed by atoms with E-state index in [9.17, 15) is 12.8 Å². The summed E-state index contributed by atoms with van der Waals surface area (Å²) in [5.41, 5.74) is 0. The number of hydrogen-bond acceptors (Lipinski definition) is 3. The van der Waals surface area contributed by atoms with Gasteiger partial charge >= 0.3 is 10.1 Å². The average Bonchev–Trinajstić information content (AvgIpc) is 1.97. The molecule has 0 bridgehead atoms. The first-order valence-corrected chi connectivity index (χ1v) is 5.34. The van der Waals surface area contributed by atoms with E-state index in [1.165, 1.54) is 21.0 Å². The topological polar surface area (TPSA) is 63.6 Å². The van der Waals surface area contributed by atoms with Gasteiger partial charge in [-0.1, -0.05) is 13.8 Å². The summed E-state index contributed by atoms with van der Waals surface area (Å²) >= 11 is 0. The zero-order valence-corrected chi connectivity index (χ0v) is 8.77. The molecule has 0 aliphatic carbocycles. The van der Waals surface area contributed by atoms with Crippen LogP contribution >= 0.6 is 0 Å². The summed E-state index contributed by atoms with van der Waals surface area (Å²) in [5, 5.41) is -2.61. The summed E-state index contributed by atoms with van der Waals surface area (Å²) in [6.07, 6.45) is -0.361. The second-order valence-electron chi connectivity index (χ2n) is 3.16. The van der Waals surface area contributed by atoms with Gasteiger partial charge in [0.15, 0.2) is 0 Å². The molecule has 4 nitrogen and oxygen atoms in total. The van der Waals surface area contributed by atoms with Crippen molar-refractivity contribution < 1.29 is 22.1 Å². The van der Waals surface area contributed by atoms with Crippen LogP contribution in [0.3, 0.4) is 0 Å². The molecule has 0 spiro atoms. The first-order valence-electron chi connectivity index (χ1n) is 3.90. The van der Waals surface area contributed by atoms with E-state index in [2.05, 4.69) is 4.74 Å². The highest BCUT2D eigenvalue weighted by atomic mass is 32.2. The second-order valence-corrected chi connectivity index (χ2v) is 4.79. The normalized spacial score (nSPS) is 17.4. The fraction of sp³-hybridized carbons (Fsp3) is 1.00. The lowest BCUT2D eigenvalue weighted by atomic mass is 10.1. The minimum Gasteiger partial charge on any atom is -0.385 e. The third kappa shape index (κ3) is 2.89. The summed E-state index contributed by atoms with van der Waals surface area (Å²) in [7, 11) is -3.34. The summed E-state index contributed by atoms with van der Waals surface area (Å²) in [6.45, 7) is 2.74. The van der Waals surface area contributed by atoms with Crippen LogP contribution in [-0.2, 0) is 14.9 Å². The largest absolute Gasteiger partial charge is 0.385 e. The Morgan fingerprint density at radius 3 is 2.23 bits per heavy atom. The van der Waals surface area contributed by atoms with Crippen molar-refractivity contribution in [2.75, 3.05) is 13.7 Å². The molecule has 0 rings (SSSR count). The summed E-state index contributed by atoms with van der Waals surface area (Å²) in [4.78, 5) is 0. The molecule has 80 valence electrons. The quantitative estimate of drug-likeness (QED) is 0.699. The van der Waals surface area contributed by atoms with Crippen LogP contribution in [0.4, 0.5) is 4.39 Å². The second kappa shape index (κ2) is 4.34. The summed E-state index contributed by atoms with van der Waals surface area (Å²) in [6, 6.07) is 0. The molecule has 0 aromatic heterocycles. The Hall–Kier alpha value is -0.200. The van der Waals surface area contributed by atoms with E-state index in [0.717, 1.165) is 0 Å². The molecular formula is C7H15FO4S. The number of rotatable bonds is 5. The molecule has 0 saturated carbocycles. The Bertz CT molecular complexity index is 249. The van der Waals surface area contributed by atoms with Gasteiger partial charge in [-0.15, -0.1) is 0 Å². The van der Waals surface area contributed by atoms with Gasteiger partial charge in [0.1, 0.15) is 0 Å². The van der Waals surface area contributed by atoms with Gasteiger partial charge in [0.05, 0.1) is 6.61 Å². The molecular weight excluding hydrogens is 199 g/mol. The van der Waals surface area contributed by atoms with E-state index < -0.39 is 21.0 Å². The Morgan fingerprint density at radius 2 is 2.00 bits per heavy atom. The van der Waals surface area contributed by atoms with E-state index in [0.29, 0.717) is 0 Å². The molecule has 0 aliphatic heterocycles. The minimum absolute atomic E-state index is 0.0472. The predicted octanol–water partition coefficient (Wildman–Crippen LogP) is 1.23. The smallest absolute Gasteiger partial charge is 0.300 e. The lowest BCUT2D eigenvalue weighted by Crippen LogP contribution is -2.39. The zero-order chi connectivity index (χ0) is 10.7. The Balaban J connectivity index is 4.75. The molecule has 1 N–H and O–H groups in total. The highest BCUT2D eigenvalue weighted by molar-refractivity contribution is 7.87. The number of alkyl halides is 1. The fourth-order valence-electron chi connectivity index (χ4n) is 0.957. The van der Waals surface area contributed by atoms with Crippen molar-refractivity contribution >= 4 is 10.1 Å². The fourth-order valence-corrected chi connectivity index (χ4v) is 1.89. The van der Waals surface area contributed by atoms with Gasteiger partial charge in [-0.3, -0.25) is 4.55 Å². The van der Waals surface area contributed by atoms with Crippen LogP contribution in [0, 0.1) is 5.92 Å². The highest BCUT2D eigenvalue weighted by Crippen LogP contribution is 2.31. The molecule has 0 radical (unpaired) electrons. The Labute approximate surface area is 77.8 Å². The van der Waals surface area contributed by atoms with E-state index in [4.69, 9.17) is 4.55 Å². The number of methoxy groups -OCH3 is 1. The van der Waals surface area contributed by atoms with Crippen molar-refractivity contribution in [3.63, 3.8) is 0 Å². The Morgan fingerprint density at radius 1 is 1.54 bits per heavy atom. The number of ether oxygens (including phenoxy) is 1. The van der Waals surface area contributed by atoms with Crippen LogP contribution in [0.1, 0.15) is 20.3 Å². The van der Waals surface area contributed by atoms with E-state index >= 15 is 0 Å². The molecule has 0 aliphatic rings. The number of hydrogen-bond donors (Lipinski definition) is 1. The van der Waals surface area contributed by atoms with Crippen LogP contribution in [0.15, 0.2) is 0 Å². The van der Waals surface area contributed by atoms with E-state index in [1.807, 2.05) is 0 Å². The molecule has 0 heterocycles. The molecule has 1 unspecified atom stereocenters. The van der Waals surface area contributed by atoms with Crippen molar-refractivity contribution in [2.45, 2.75) is 25.3 Å². The highest BCUT2D eigenvalue weighted by Gasteiger charge is 2.46. The lowest BCUT2D eigenvalue weighted by molar-refractivity contribution is 0.108. The molecule has 0 fully saturated rings. The average molecular weight is 214 g/mol. The molecule has 0 amide bonds. The predicted molar refractivity (Wildman–Crippen MR) is 46.7 cm³/mol. The molecule has 13 heavy (non-hydrogen) atoms. The van der Waals surface area contributed by atoms with Gasteiger partial charge in [0, 0.05) is 19.4 Å². The maximum atomic E-state index is 13.7. The molecule has 0 aromatic rings. The van der Waals surface area contributed by atoms with Crippen molar-refractivity contribution in [2.24, 2.45) is 5.92 Å². The van der Waals surface area contributed by atoms with Gasteiger partial charge in [-0.25, -0.2) is 4.39 Å². The van der Waals surface area contributed by atoms with Gasteiger partial charge in [-0.05, 0) is 0 Å². The van der Waals surface area contributed by atoms with Crippen LogP contribution < -0.4 is 0 Å². The van der Waals surface area contributed by atoms with Crippen molar-refractivity contribution in [3.05, 3.63) is 0 Å². The van der Waals surface area contributed by atoms with Crippen LogP contribution in [0.25, 0.3) is 0 Å². The first-order chi connectivity index (χ1) is 5.75. The van der Waals surface area contributed by atoms with Crippen LogP contribution in [-0.4, -0.2) is 31.7 Å². The SMILES string of the molecule is COCCC(F)(C(C)C)S(=O)(=O)O. The zero-order valence-electron chi connectivity index (χ0n) is 7.95. The number of halogens is 1. The van der Waals surface area contributed by atoms with Gasteiger partial charge in [0.2, 0.25) is 5.00 Å². The van der Waals surface area contributed by atoms with Gasteiger partial charge < -0.3 is 4.74 Å². The van der Waals surface area contributed by atoms with E-state index in [-0.39, 0.29) is 13.0 Å². The third-order valence-electron chi connectivity index (χ3n) is 1.94. The third-order valence-corrected chi connectivity index (χ3v) is 3.47. The summed E-state index contributed by atoms with van der Waals surface area (Å²) in [5.74, 6) is -0.808. The molecule has 1 atom stereocenters. The maximum Gasteiger partial charge on any atom is 0.300 e. The lowest BCUT2D eigenvalue weighted by Gasteiger charge is -2.25. The van der Waals surface area contributed by atoms with E-state index in [1.54, 1.807) is 0 Å². The maximum absolute atomic E-state index is 13.7. The van der Waals surface area contributed by atoms with Crippen LogP contribution in [0.5, 0.6) is 0 Å². The summed E-state index contributed by atoms with van der Waals surface area (Å²) < 4.78 is 48.4. The molecule has 6 heteroatoms. The Kier molecular flexibility index (Phi) is 4.28. The minimum atomic E-state index is -4.68. The van der Waals surface area contributed by atoms with Gasteiger partial charge in [0.25, 0.3) is 0 Å². The van der Waals surface area contributed by atoms with Crippen molar-refractivity contribution in [1.29, 1.82) is 0 Å². The van der Waals surface area contributed by atoms with Crippen molar-refractivity contribution in [3.8, 4) is 0 Å². The molecule has 0 aromatic carbocycles. The van der Waals surface area contributed by atoms with Gasteiger partial charge in [-0.2, -0.15) is 8.42 Å². The molecule has 0 saturated heterocycles. The van der Waals surface area contributed by atoms with Crippen molar-refractivity contribution in [1.82, 2.24) is 0 Å². The monoisotopic (exact) mass is 214 g/mol. The van der Waals surface area contributed by atoms with Crippen LogP contribution in [0.2, 0.25) is 0 Å².